The van der Waals surface area contributed by atoms with E-state index in [4.69, 9.17) is 0 Å². The third kappa shape index (κ3) is 2.80. The Hall–Kier alpha value is -1.37. The van der Waals surface area contributed by atoms with Crippen LogP contribution in [0.15, 0.2) is 42.4 Å². The molecule has 0 atom stereocenters. The summed E-state index contributed by atoms with van der Waals surface area (Å²) in [5.74, 6) is 0. The summed E-state index contributed by atoms with van der Waals surface area (Å²) in [6, 6.07) is 7.91. The highest BCUT2D eigenvalue weighted by Crippen LogP contribution is 2.15. The summed E-state index contributed by atoms with van der Waals surface area (Å²) in [6.07, 6.45) is 0. The Morgan fingerprint density at radius 2 is 1.73 bits per heavy atom. The quantitative estimate of drug-likeness (QED) is 0.427. The van der Waals surface area contributed by atoms with E-state index in [1.807, 2.05) is 31.2 Å². The summed E-state index contributed by atoms with van der Waals surface area (Å²) >= 11 is 0. The lowest BCUT2D eigenvalue weighted by molar-refractivity contribution is 1.41. The minimum Gasteiger partial charge on any atom is -0.264 e. The fourth-order valence-corrected chi connectivity index (χ4v) is 0.741. The van der Waals surface area contributed by atoms with E-state index >= 15 is 0 Å². The van der Waals surface area contributed by atoms with Crippen LogP contribution in [0.2, 0.25) is 0 Å². The number of hydrogen-bond acceptors (Lipinski definition) is 1. The number of benzene rings is 1. The average molecular weight is 147 g/mol. The van der Waals surface area contributed by atoms with E-state index in [1.54, 1.807) is 0 Å². The predicted molar refractivity (Wildman–Crippen MR) is 51.6 cm³/mol. The second-order valence-electron chi connectivity index (χ2n) is 1.94. The molecule has 0 radical (unpaired) electrons. The zero-order chi connectivity index (χ0) is 8.69. The van der Waals surface area contributed by atoms with Gasteiger partial charge in [-0.3, -0.25) is 4.99 Å². The number of aryl methyl sites for hydroxylation is 1. The van der Waals surface area contributed by atoms with Crippen molar-refractivity contribution in [2.24, 2.45) is 4.99 Å². The van der Waals surface area contributed by atoms with Crippen molar-refractivity contribution in [3.8, 4) is 0 Å². The van der Waals surface area contributed by atoms with E-state index in [0.29, 0.717) is 0 Å². The van der Waals surface area contributed by atoms with E-state index in [2.05, 4.69) is 24.9 Å². The van der Waals surface area contributed by atoms with Crippen molar-refractivity contribution in [3.63, 3.8) is 0 Å². The summed E-state index contributed by atoms with van der Waals surface area (Å²) in [5.41, 5.74) is 2.14. The van der Waals surface area contributed by atoms with Gasteiger partial charge in [0.1, 0.15) is 0 Å². The first kappa shape index (κ1) is 9.63. The summed E-state index contributed by atoms with van der Waals surface area (Å²) < 4.78 is 0. The summed E-state index contributed by atoms with van der Waals surface area (Å²) in [4.78, 5) is 3.82. The van der Waals surface area contributed by atoms with Crippen molar-refractivity contribution in [2.45, 2.75) is 6.92 Å². The maximum Gasteiger partial charge on any atom is 0.0651 e. The molecular weight excluding hydrogens is 134 g/mol. The van der Waals surface area contributed by atoms with Crippen LogP contribution in [0.25, 0.3) is 0 Å². The number of rotatable bonds is 1. The monoisotopic (exact) mass is 147 g/mol. The standard InChI is InChI=1S/C8H9N.C2H4/c1-7-5-3-4-6-8(7)9-2;1-2/h3-6H,2H2,1H3;1-2H2. The van der Waals surface area contributed by atoms with Crippen molar-refractivity contribution < 1.29 is 0 Å². The maximum atomic E-state index is 3.82. The van der Waals surface area contributed by atoms with Crippen molar-refractivity contribution >= 4 is 12.4 Å². The Kier molecular flexibility index (Phi) is 4.74. The molecule has 0 saturated carbocycles. The van der Waals surface area contributed by atoms with Gasteiger partial charge in [0.25, 0.3) is 0 Å². The third-order valence-electron chi connectivity index (χ3n) is 1.29. The average Bonchev–Trinajstić information content (AvgIpc) is 2.09. The van der Waals surface area contributed by atoms with Gasteiger partial charge in [-0.15, -0.1) is 13.2 Å². The van der Waals surface area contributed by atoms with E-state index in [0.717, 1.165) is 5.69 Å². The van der Waals surface area contributed by atoms with Crippen LogP contribution in [-0.4, -0.2) is 6.72 Å². The molecule has 0 spiro atoms. The normalized spacial score (nSPS) is 7.73. The van der Waals surface area contributed by atoms with Crippen LogP contribution >= 0.6 is 0 Å². The molecule has 1 aromatic rings. The van der Waals surface area contributed by atoms with Crippen molar-refractivity contribution in [3.05, 3.63) is 43.0 Å². The topological polar surface area (TPSA) is 12.4 Å². The molecule has 1 aromatic carbocycles. The molecule has 0 fully saturated rings. The molecule has 58 valence electrons. The van der Waals surface area contributed by atoms with E-state index in [9.17, 15) is 0 Å². The maximum absolute atomic E-state index is 3.82. The van der Waals surface area contributed by atoms with Gasteiger partial charge >= 0.3 is 0 Å². The van der Waals surface area contributed by atoms with Crippen molar-refractivity contribution in [1.82, 2.24) is 0 Å². The molecule has 0 aliphatic heterocycles. The van der Waals surface area contributed by atoms with E-state index in [-0.39, 0.29) is 0 Å². The Balaban J connectivity index is 0.000000461. The van der Waals surface area contributed by atoms with Crippen molar-refractivity contribution in [2.75, 3.05) is 0 Å². The second-order valence-corrected chi connectivity index (χ2v) is 1.94. The van der Waals surface area contributed by atoms with Crippen LogP contribution < -0.4 is 0 Å². The first-order valence-electron chi connectivity index (χ1n) is 3.37. The molecule has 1 rings (SSSR count). The van der Waals surface area contributed by atoms with Gasteiger partial charge < -0.3 is 0 Å². The fraction of sp³-hybridized carbons (Fsp3) is 0.100. The van der Waals surface area contributed by atoms with Gasteiger partial charge in [-0.25, -0.2) is 0 Å². The lowest BCUT2D eigenvalue weighted by atomic mass is 10.2. The molecule has 0 amide bonds. The van der Waals surface area contributed by atoms with Gasteiger partial charge in [-0.2, -0.15) is 0 Å². The van der Waals surface area contributed by atoms with Crippen LogP contribution in [0.5, 0.6) is 0 Å². The summed E-state index contributed by atoms with van der Waals surface area (Å²) in [5, 5.41) is 0. The second kappa shape index (κ2) is 5.42. The Bertz CT molecular complexity index is 228. The molecule has 1 nitrogen and oxygen atoms in total. The highest BCUT2D eigenvalue weighted by Gasteiger charge is 1.88. The largest absolute Gasteiger partial charge is 0.264 e. The summed E-state index contributed by atoms with van der Waals surface area (Å²) in [7, 11) is 0. The first-order valence-corrected chi connectivity index (χ1v) is 3.37. The Labute approximate surface area is 68.1 Å². The van der Waals surface area contributed by atoms with E-state index < -0.39 is 0 Å². The van der Waals surface area contributed by atoms with Gasteiger partial charge in [0.05, 0.1) is 5.69 Å². The third-order valence-corrected chi connectivity index (χ3v) is 1.29. The molecule has 0 saturated heterocycles. The fourth-order valence-electron chi connectivity index (χ4n) is 0.741. The molecule has 1 heteroatoms. The number of nitrogens with zero attached hydrogens (tertiary/aromatic N) is 1. The van der Waals surface area contributed by atoms with E-state index in [1.165, 1.54) is 5.56 Å². The lowest BCUT2D eigenvalue weighted by Gasteiger charge is -1.94. The smallest absolute Gasteiger partial charge is 0.0651 e. The lowest BCUT2D eigenvalue weighted by Crippen LogP contribution is -1.69. The molecule has 0 N–H and O–H groups in total. The predicted octanol–water partition coefficient (Wildman–Crippen LogP) is 3.13. The molecule has 0 aliphatic rings. The molecule has 11 heavy (non-hydrogen) atoms. The minimum atomic E-state index is 0.970. The number of aliphatic imine (C=N–C) groups is 1. The number of para-hydroxylation sites is 1. The highest BCUT2D eigenvalue weighted by atomic mass is 14.7. The van der Waals surface area contributed by atoms with Crippen LogP contribution in [0.3, 0.4) is 0 Å². The number of hydrogen-bond donors (Lipinski definition) is 0. The highest BCUT2D eigenvalue weighted by molar-refractivity contribution is 5.50. The van der Waals surface area contributed by atoms with Gasteiger partial charge in [-0.1, -0.05) is 18.2 Å². The molecular formula is C10H13N. The van der Waals surface area contributed by atoms with Crippen molar-refractivity contribution in [1.29, 1.82) is 0 Å². The molecule has 0 heterocycles. The SMILES string of the molecule is C=C.C=Nc1ccccc1C. The van der Waals surface area contributed by atoms with Crippen LogP contribution in [0.4, 0.5) is 5.69 Å². The van der Waals surface area contributed by atoms with Gasteiger partial charge in [0.15, 0.2) is 0 Å². The first-order chi connectivity index (χ1) is 5.34. The zero-order valence-electron chi connectivity index (χ0n) is 6.88. The van der Waals surface area contributed by atoms with Gasteiger partial charge in [-0.05, 0) is 25.3 Å². The van der Waals surface area contributed by atoms with Crippen LogP contribution in [0.1, 0.15) is 5.56 Å². The molecule has 0 aromatic heterocycles. The van der Waals surface area contributed by atoms with Gasteiger partial charge in [0.2, 0.25) is 0 Å². The zero-order valence-corrected chi connectivity index (χ0v) is 6.88. The summed E-state index contributed by atoms with van der Waals surface area (Å²) in [6.45, 7) is 11.5. The molecule has 0 bridgehead atoms. The Morgan fingerprint density at radius 1 is 1.18 bits per heavy atom. The van der Waals surface area contributed by atoms with Crippen LogP contribution in [-0.2, 0) is 0 Å². The Morgan fingerprint density at radius 3 is 2.09 bits per heavy atom. The van der Waals surface area contributed by atoms with Gasteiger partial charge in [0, 0.05) is 0 Å². The van der Waals surface area contributed by atoms with Crippen LogP contribution in [0, 0.1) is 6.92 Å². The minimum absolute atomic E-state index is 0.970. The molecule has 0 aliphatic carbocycles. The molecule has 0 unspecified atom stereocenters.